The molecule has 0 N–H and O–H groups in total. The maximum Gasteiger partial charge on any atom is 0.254 e. The van der Waals surface area contributed by atoms with Crippen molar-refractivity contribution in [3.8, 4) is 16.9 Å². The molecule has 2 amide bonds. The standard InChI is InChI=1S/C24H28N2O3/c1-29-22-13-4-3-11-20(22)18-9-7-10-19(17-18)23(27)26-16-8-12-21(26)24(28)25-14-5-2-6-15-25/h3-4,7,9-11,13,17,21H,2,5-6,8,12,14-16H2,1H3/t21-/m0/s1. The van der Waals surface area contributed by atoms with Crippen molar-refractivity contribution in [3.63, 3.8) is 0 Å². The second-order valence-corrected chi connectivity index (χ2v) is 7.82. The van der Waals surface area contributed by atoms with Crippen molar-refractivity contribution in [1.29, 1.82) is 0 Å². The summed E-state index contributed by atoms with van der Waals surface area (Å²) in [5.41, 5.74) is 2.50. The number of benzene rings is 2. The summed E-state index contributed by atoms with van der Waals surface area (Å²) in [6.07, 6.45) is 4.95. The molecule has 2 saturated heterocycles. The largest absolute Gasteiger partial charge is 0.496 e. The third-order valence-corrected chi connectivity index (χ3v) is 5.99. The van der Waals surface area contributed by atoms with Crippen LogP contribution >= 0.6 is 0 Å². The van der Waals surface area contributed by atoms with E-state index in [0.717, 1.165) is 55.6 Å². The molecule has 0 saturated carbocycles. The highest BCUT2D eigenvalue weighted by Crippen LogP contribution is 2.31. The van der Waals surface area contributed by atoms with Gasteiger partial charge in [0.15, 0.2) is 0 Å². The van der Waals surface area contributed by atoms with Crippen LogP contribution in [0.3, 0.4) is 0 Å². The van der Waals surface area contributed by atoms with Crippen molar-refractivity contribution in [1.82, 2.24) is 9.80 Å². The average molecular weight is 392 g/mol. The topological polar surface area (TPSA) is 49.9 Å². The smallest absolute Gasteiger partial charge is 0.254 e. The van der Waals surface area contributed by atoms with Gasteiger partial charge in [0, 0.05) is 30.8 Å². The van der Waals surface area contributed by atoms with Crippen LogP contribution in [-0.2, 0) is 4.79 Å². The summed E-state index contributed by atoms with van der Waals surface area (Å²) in [4.78, 5) is 30.1. The highest BCUT2D eigenvalue weighted by atomic mass is 16.5. The summed E-state index contributed by atoms with van der Waals surface area (Å²) in [5.74, 6) is 0.836. The van der Waals surface area contributed by atoms with Crippen molar-refractivity contribution >= 4 is 11.8 Å². The van der Waals surface area contributed by atoms with Gasteiger partial charge in [-0.25, -0.2) is 0 Å². The molecule has 2 heterocycles. The van der Waals surface area contributed by atoms with Crippen molar-refractivity contribution in [2.45, 2.75) is 38.1 Å². The van der Waals surface area contributed by atoms with Crippen LogP contribution in [0.25, 0.3) is 11.1 Å². The van der Waals surface area contributed by atoms with E-state index in [1.165, 1.54) is 6.42 Å². The summed E-state index contributed by atoms with van der Waals surface area (Å²) in [5, 5.41) is 0. The van der Waals surface area contributed by atoms with Crippen LogP contribution in [0.5, 0.6) is 5.75 Å². The molecule has 0 unspecified atom stereocenters. The predicted octanol–water partition coefficient (Wildman–Crippen LogP) is 3.98. The molecule has 2 aromatic rings. The molecule has 152 valence electrons. The van der Waals surface area contributed by atoms with E-state index in [4.69, 9.17) is 4.74 Å². The molecular weight excluding hydrogens is 364 g/mol. The Bertz CT molecular complexity index is 889. The number of rotatable bonds is 4. The van der Waals surface area contributed by atoms with Crippen LogP contribution in [0.2, 0.25) is 0 Å². The highest BCUT2D eigenvalue weighted by Gasteiger charge is 2.37. The first-order valence-electron chi connectivity index (χ1n) is 10.5. The Labute approximate surface area is 172 Å². The van der Waals surface area contributed by atoms with E-state index in [2.05, 4.69) is 0 Å². The number of hydrogen-bond acceptors (Lipinski definition) is 3. The van der Waals surface area contributed by atoms with Gasteiger partial charge in [-0.15, -0.1) is 0 Å². The molecule has 0 bridgehead atoms. The quantitative estimate of drug-likeness (QED) is 0.791. The summed E-state index contributed by atoms with van der Waals surface area (Å²) in [6.45, 7) is 2.28. The molecule has 2 aromatic carbocycles. The second-order valence-electron chi connectivity index (χ2n) is 7.82. The maximum absolute atomic E-state index is 13.3. The van der Waals surface area contributed by atoms with Crippen LogP contribution in [0.15, 0.2) is 48.5 Å². The first-order chi connectivity index (χ1) is 14.2. The zero-order valence-corrected chi connectivity index (χ0v) is 17.0. The molecule has 5 nitrogen and oxygen atoms in total. The minimum Gasteiger partial charge on any atom is -0.496 e. The van der Waals surface area contributed by atoms with Gasteiger partial charge in [-0.05, 0) is 55.9 Å². The molecule has 0 spiro atoms. The second kappa shape index (κ2) is 8.68. The van der Waals surface area contributed by atoms with Crippen molar-refractivity contribution in [3.05, 3.63) is 54.1 Å². The van der Waals surface area contributed by atoms with Gasteiger partial charge < -0.3 is 14.5 Å². The van der Waals surface area contributed by atoms with Gasteiger partial charge in [-0.2, -0.15) is 0 Å². The summed E-state index contributed by atoms with van der Waals surface area (Å²) in [7, 11) is 1.65. The minimum atomic E-state index is -0.324. The number of ether oxygens (including phenoxy) is 1. The third kappa shape index (κ3) is 4.00. The highest BCUT2D eigenvalue weighted by molar-refractivity contribution is 5.99. The monoisotopic (exact) mass is 392 g/mol. The predicted molar refractivity (Wildman–Crippen MR) is 113 cm³/mol. The van der Waals surface area contributed by atoms with Crippen LogP contribution in [0, 0.1) is 0 Å². The van der Waals surface area contributed by atoms with Gasteiger partial charge in [0.1, 0.15) is 11.8 Å². The lowest BCUT2D eigenvalue weighted by Crippen LogP contribution is -2.49. The van der Waals surface area contributed by atoms with Crippen LogP contribution in [0.1, 0.15) is 42.5 Å². The van der Waals surface area contributed by atoms with Crippen molar-refractivity contribution < 1.29 is 14.3 Å². The Balaban J connectivity index is 1.56. The molecule has 5 heteroatoms. The summed E-state index contributed by atoms with van der Waals surface area (Å²) >= 11 is 0. The van der Waals surface area contributed by atoms with Gasteiger partial charge in [-0.1, -0.05) is 30.3 Å². The maximum atomic E-state index is 13.3. The third-order valence-electron chi connectivity index (χ3n) is 5.99. The number of carbonyl (C=O) groups excluding carboxylic acids is 2. The first kappa shape index (κ1) is 19.5. The average Bonchev–Trinajstić information content (AvgIpc) is 3.28. The molecule has 0 aromatic heterocycles. The lowest BCUT2D eigenvalue weighted by molar-refractivity contribution is -0.136. The van der Waals surface area contributed by atoms with Crippen LogP contribution < -0.4 is 4.74 Å². The number of likely N-dealkylation sites (tertiary alicyclic amines) is 2. The number of carbonyl (C=O) groups is 2. The van der Waals surface area contributed by atoms with E-state index >= 15 is 0 Å². The lowest BCUT2D eigenvalue weighted by atomic mass is 10.0. The van der Waals surface area contributed by atoms with E-state index in [9.17, 15) is 9.59 Å². The number of methoxy groups -OCH3 is 1. The molecule has 4 rings (SSSR count). The minimum absolute atomic E-state index is 0.0605. The normalized spacial score (nSPS) is 19.3. The number of amides is 2. The number of nitrogens with zero attached hydrogens (tertiary/aromatic N) is 2. The van der Waals surface area contributed by atoms with E-state index in [0.29, 0.717) is 12.1 Å². The molecule has 2 aliphatic rings. The zero-order chi connectivity index (χ0) is 20.2. The number of hydrogen-bond donors (Lipinski definition) is 0. The number of para-hydroxylation sites is 1. The Hall–Kier alpha value is -2.82. The molecule has 0 aliphatic carbocycles. The van der Waals surface area contributed by atoms with E-state index in [1.54, 1.807) is 12.0 Å². The molecule has 0 radical (unpaired) electrons. The molecule has 1 atom stereocenters. The van der Waals surface area contributed by atoms with Crippen LogP contribution in [-0.4, -0.2) is 54.4 Å². The lowest BCUT2D eigenvalue weighted by Gasteiger charge is -2.32. The SMILES string of the molecule is COc1ccccc1-c1cccc(C(=O)N2CCC[C@H]2C(=O)N2CCCCC2)c1. The Morgan fingerprint density at radius 1 is 0.931 bits per heavy atom. The van der Waals surface area contributed by atoms with Gasteiger partial charge in [0.25, 0.3) is 5.91 Å². The fourth-order valence-electron chi connectivity index (χ4n) is 4.46. The van der Waals surface area contributed by atoms with Crippen molar-refractivity contribution in [2.75, 3.05) is 26.7 Å². The van der Waals surface area contributed by atoms with Crippen molar-refractivity contribution in [2.24, 2.45) is 0 Å². The Morgan fingerprint density at radius 3 is 2.52 bits per heavy atom. The molecular formula is C24H28N2O3. The van der Waals surface area contributed by atoms with E-state index in [1.807, 2.05) is 53.4 Å². The molecule has 29 heavy (non-hydrogen) atoms. The van der Waals surface area contributed by atoms with Gasteiger partial charge in [-0.3, -0.25) is 9.59 Å². The zero-order valence-electron chi connectivity index (χ0n) is 17.0. The molecule has 2 fully saturated rings. The Morgan fingerprint density at radius 2 is 1.72 bits per heavy atom. The fraction of sp³-hybridized carbons (Fsp3) is 0.417. The summed E-state index contributed by atoms with van der Waals surface area (Å²) in [6, 6.07) is 15.1. The van der Waals surface area contributed by atoms with E-state index < -0.39 is 0 Å². The summed E-state index contributed by atoms with van der Waals surface area (Å²) < 4.78 is 5.47. The van der Waals surface area contributed by atoms with E-state index in [-0.39, 0.29) is 17.9 Å². The first-order valence-corrected chi connectivity index (χ1v) is 10.5. The van der Waals surface area contributed by atoms with Crippen LogP contribution in [0.4, 0.5) is 0 Å². The number of piperidine rings is 1. The Kier molecular flexibility index (Phi) is 5.84. The van der Waals surface area contributed by atoms with Gasteiger partial charge >= 0.3 is 0 Å². The fourth-order valence-corrected chi connectivity index (χ4v) is 4.46. The molecule has 2 aliphatic heterocycles. The van der Waals surface area contributed by atoms with Gasteiger partial charge in [0.2, 0.25) is 5.91 Å². The van der Waals surface area contributed by atoms with Gasteiger partial charge in [0.05, 0.1) is 7.11 Å².